The van der Waals surface area contributed by atoms with Gasteiger partial charge in [0.1, 0.15) is 11.6 Å². The van der Waals surface area contributed by atoms with Crippen LogP contribution in [-0.4, -0.2) is 24.1 Å². The molecule has 1 aromatic carbocycles. The topological polar surface area (TPSA) is 89.3 Å². The van der Waals surface area contributed by atoms with E-state index in [1.165, 1.54) is 19.2 Å². The standard InChI is InChI=1S/C13H13ClN4O3/c1-15-12-6-5-10(18(19)20)13(17-12)16-8-3-4-9(14)11(7-8)21-2/h3-7H,1-2H3,(H2,15,16,17). The van der Waals surface area contributed by atoms with Gasteiger partial charge in [0, 0.05) is 24.9 Å². The van der Waals surface area contributed by atoms with E-state index in [0.29, 0.717) is 22.3 Å². The number of halogens is 1. The van der Waals surface area contributed by atoms with Gasteiger partial charge in [-0.3, -0.25) is 10.1 Å². The van der Waals surface area contributed by atoms with Crippen LogP contribution in [-0.2, 0) is 0 Å². The molecule has 0 fully saturated rings. The van der Waals surface area contributed by atoms with Crippen molar-refractivity contribution in [3.63, 3.8) is 0 Å². The minimum atomic E-state index is -0.498. The summed E-state index contributed by atoms with van der Waals surface area (Å²) in [7, 11) is 3.18. The van der Waals surface area contributed by atoms with Crippen molar-refractivity contribution in [1.29, 1.82) is 0 Å². The molecule has 1 heterocycles. The molecule has 0 saturated carbocycles. The zero-order valence-electron chi connectivity index (χ0n) is 11.4. The van der Waals surface area contributed by atoms with Gasteiger partial charge in [0.05, 0.1) is 17.1 Å². The predicted molar refractivity (Wildman–Crippen MR) is 81.7 cm³/mol. The summed E-state index contributed by atoms with van der Waals surface area (Å²) < 4.78 is 5.11. The zero-order valence-corrected chi connectivity index (χ0v) is 12.1. The first kappa shape index (κ1) is 14.9. The van der Waals surface area contributed by atoms with Crippen LogP contribution in [0.4, 0.5) is 23.0 Å². The van der Waals surface area contributed by atoms with Crippen LogP contribution in [0, 0.1) is 10.1 Å². The molecule has 0 unspecified atom stereocenters. The Labute approximate surface area is 126 Å². The number of rotatable bonds is 5. The van der Waals surface area contributed by atoms with Gasteiger partial charge in [0.2, 0.25) is 5.82 Å². The first-order valence-electron chi connectivity index (χ1n) is 5.99. The second kappa shape index (κ2) is 6.27. The Kier molecular flexibility index (Phi) is 4.44. The lowest BCUT2D eigenvalue weighted by Gasteiger charge is -2.10. The third-order valence-electron chi connectivity index (χ3n) is 2.74. The largest absolute Gasteiger partial charge is 0.495 e. The molecule has 0 bridgehead atoms. The molecule has 0 radical (unpaired) electrons. The number of benzene rings is 1. The highest BCUT2D eigenvalue weighted by molar-refractivity contribution is 6.32. The summed E-state index contributed by atoms with van der Waals surface area (Å²) in [6, 6.07) is 7.87. The smallest absolute Gasteiger partial charge is 0.311 e. The summed E-state index contributed by atoms with van der Waals surface area (Å²) in [5.41, 5.74) is 0.461. The lowest BCUT2D eigenvalue weighted by atomic mass is 10.3. The normalized spacial score (nSPS) is 10.0. The Bertz CT molecular complexity index is 678. The Morgan fingerprint density at radius 1 is 1.33 bits per heavy atom. The van der Waals surface area contributed by atoms with E-state index in [2.05, 4.69) is 15.6 Å². The molecule has 2 aromatic rings. The second-order valence-corrected chi connectivity index (χ2v) is 4.45. The minimum Gasteiger partial charge on any atom is -0.495 e. The molecule has 21 heavy (non-hydrogen) atoms. The fourth-order valence-electron chi connectivity index (χ4n) is 1.70. The molecule has 0 aliphatic heterocycles. The van der Waals surface area contributed by atoms with Gasteiger partial charge >= 0.3 is 5.69 Å². The maximum atomic E-state index is 11.0. The van der Waals surface area contributed by atoms with Crippen LogP contribution < -0.4 is 15.4 Å². The van der Waals surface area contributed by atoms with Crippen LogP contribution in [0.2, 0.25) is 5.02 Å². The molecule has 110 valence electrons. The third-order valence-corrected chi connectivity index (χ3v) is 3.05. The molecular formula is C13H13ClN4O3. The van der Waals surface area contributed by atoms with Gasteiger partial charge in [-0.1, -0.05) is 11.6 Å². The van der Waals surface area contributed by atoms with Gasteiger partial charge < -0.3 is 15.4 Å². The van der Waals surface area contributed by atoms with E-state index in [1.54, 1.807) is 25.2 Å². The van der Waals surface area contributed by atoms with Gasteiger partial charge in [0.15, 0.2) is 0 Å². The monoisotopic (exact) mass is 308 g/mol. The van der Waals surface area contributed by atoms with Crippen molar-refractivity contribution < 1.29 is 9.66 Å². The van der Waals surface area contributed by atoms with E-state index in [4.69, 9.17) is 16.3 Å². The number of hydrogen-bond acceptors (Lipinski definition) is 6. The van der Waals surface area contributed by atoms with Crippen molar-refractivity contribution in [3.8, 4) is 5.75 Å². The van der Waals surface area contributed by atoms with Gasteiger partial charge in [-0.25, -0.2) is 4.98 Å². The van der Waals surface area contributed by atoms with E-state index in [9.17, 15) is 10.1 Å². The number of nitro groups is 1. The van der Waals surface area contributed by atoms with Gasteiger partial charge in [-0.2, -0.15) is 0 Å². The average molecular weight is 309 g/mol. The van der Waals surface area contributed by atoms with E-state index >= 15 is 0 Å². The second-order valence-electron chi connectivity index (χ2n) is 4.05. The van der Waals surface area contributed by atoms with Crippen LogP contribution in [0.3, 0.4) is 0 Å². The SMILES string of the molecule is CNc1ccc([N+](=O)[O-])c(Nc2ccc(Cl)c(OC)c2)n1. The molecule has 8 heteroatoms. The van der Waals surface area contributed by atoms with Crippen molar-refractivity contribution in [2.75, 3.05) is 24.8 Å². The third kappa shape index (κ3) is 3.32. The van der Waals surface area contributed by atoms with Crippen LogP contribution in [0.25, 0.3) is 0 Å². The number of nitrogens with one attached hydrogen (secondary N) is 2. The molecule has 2 N–H and O–H groups in total. The molecule has 0 aliphatic rings. The van der Waals surface area contributed by atoms with Crippen LogP contribution in [0.1, 0.15) is 0 Å². The highest BCUT2D eigenvalue weighted by Gasteiger charge is 2.16. The number of aromatic nitrogens is 1. The first-order chi connectivity index (χ1) is 10.0. The van der Waals surface area contributed by atoms with Crippen molar-refractivity contribution in [2.45, 2.75) is 0 Å². The lowest BCUT2D eigenvalue weighted by molar-refractivity contribution is -0.384. The molecule has 0 aliphatic carbocycles. The van der Waals surface area contributed by atoms with Crippen molar-refractivity contribution >= 4 is 34.6 Å². The average Bonchev–Trinajstić information content (AvgIpc) is 2.48. The summed E-state index contributed by atoms with van der Waals surface area (Å²) >= 11 is 5.94. The first-order valence-corrected chi connectivity index (χ1v) is 6.36. The highest BCUT2D eigenvalue weighted by Crippen LogP contribution is 2.31. The van der Waals surface area contributed by atoms with Crippen LogP contribution in [0.15, 0.2) is 30.3 Å². The molecule has 0 saturated heterocycles. The summed E-state index contributed by atoms with van der Waals surface area (Å²) in [5.74, 6) is 1.12. The lowest BCUT2D eigenvalue weighted by Crippen LogP contribution is -2.02. The fraction of sp³-hybridized carbons (Fsp3) is 0.154. The van der Waals surface area contributed by atoms with Gasteiger partial charge in [-0.15, -0.1) is 0 Å². The Morgan fingerprint density at radius 2 is 2.10 bits per heavy atom. The molecule has 0 amide bonds. The number of ether oxygens (including phenoxy) is 1. The van der Waals surface area contributed by atoms with E-state index in [0.717, 1.165) is 0 Å². The molecule has 0 atom stereocenters. The Hall–Kier alpha value is -2.54. The summed E-state index contributed by atoms with van der Waals surface area (Å²) in [5, 5.41) is 17.2. The molecule has 2 rings (SSSR count). The number of nitrogens with zero attached hydrogens (tertiary/aromatic N) is 2. The van der Waals surface area contributed by atoms with Crippen LogP contribution >= 0.6 is 11.6 Å². The number of pyridine rings is 1. The number of methoxy groups -OCH3 is 1. The maximum Gasteiger partial charge on any atom is 0.311 e. The number of hydrogen-bond donors (Lipinski definition) is 2. The molecular weight excluding hydrogens is 296 g/mol. The van der Waals surface area contributed by atoms with Crippen LogP contribution in [0.5, 0.6) is 5.75 Å². The van der Waals surface area contributed by atoms with Gasteiger partial charge in [-0.05, 0) is 18.2 Å². The minimum absolute atomic E-state index is 0.122. The quantitative estimate of drug-likeness (QED) is 0.649. The van der Waals surface area contributed by atoms with E-state index in [-0.39, 0.29) is 11.5 Å². The van der Waals surface area contributed by atoms with Gasteiger partial charge in [0.25, 0.3) is 0 Å². The van der Waals surface area contributed by atoms with E-state index < -0.39 is 4.92 Å². The summed E-state index contributed by atoms with van der Waals surface area (Å²) in [6.45, 7) is 0. The molecule has 0 spiro atoms. The number of anilines is 3. The summed E-state index contributed by atoms with van der Waals surface area (Å²) in [6.07, 6.45) is 0. The zero-order chi connectivity index (χ0) is 15.4. The predicted octanol–water partition coefficient (Wildman–Crippen LogP) is 3.44. The van der Waals surface area contributed by atoms with E-state index in [1.807, 2.05) is 0 Å². The Balaban J connectivity index is 2.40. The fourth-order valence-corrected chi connectivity index (χ4v) is 1.90. The van der Waals surface area contributed by atoms with Crippen molar-refractivity contribution in [3.05, 3.63) is 45.5 Å². The van der Waals surface area contributed by atoms with Crippen molar-refractivity contribution in [2.24, 2.45) is 0 Å². The highest BCUT2D eigenvalue weighted by atomic mass is 35.5. The maximum absolute atomic E-state index is 11.0. The molecule has 7 nitrogen and oxygen atoms in total. The Morgan fingerprint density at radius 3 is 2.71 bits per heavy atom. The van der Waals surface area contributed by atoms with Crippen molar-refractivity contribution in [1.82, 2.24) is 4.98 Å². The molecule has 1 aromatic heterocycles. The summed E-state index contributed by atoms with van der Waals surface area (Å²) in [4.78, 5) is 14.7.